The van der Waals surface area contributed by atoms with Crippen LogP contribution >= 0.6 is 0 Å². The molecule has 0 aliphatic carbocycles. The molecule has 0 radical (unpaired) electrons. The number of aromatic nitrogens is 3. The quantitative estimate of drug-likeness (QED) is 0.210. The lowest BCUT2D eigenvalue weighted by molar-refractivity contribution is 0.670. The zero-order valence-electron chi connectivity index (χ0n) is 24.2. The molecule has 0 aliphatic heterocycles. The molecule has 10 aromatic rings. The van der Waals surface area contributed by atoms with Crippen molar-refractivity contribution in [2.75, 3.05) is 0 Å². The molecule has 0 saturated heterocycles. The van der Waals surface area contributed by atoms with Gasteiger partial charge in [0.25, 0.3) is 0 Å². The van der Waals surface area contributed by atoms with Crippen LogP contribution in [0.15, 0.2) is 156 Å². The van der Waals surface area contributed by atoms with E-state index in [0.29, 0.717) is 0 Å². The van der Waals surface area contributed by atoms with Gasteiger partial charge in [0.2, 0.25) is 0 Å². The Bertz CT molecular complexity index is 2760. The smallest absolute Gasteiger partial charge is 0.144 e. The lowest BCUT2D eigenvalue weighted by Gasteiger charge is -2.11. The number of hydrogen-bond acceptors (Lipinski definition) is 2. The van der Waals surface area contributed by atoms with E-state index in [-0.39, 0.29) is 0 Å². The average Bonchev–Trinajstić information content (AvgIpc) is 3.76. The third-order valence-corrected chi connectivity index (χ3v) is 9.17. The van der Waals surface area contributed by atoms with Gasteiger partial charge in [-0.3, -0.25) is 4.98 Å². The van der Waals surface area contributed by atoms with Gasteiger partial charge >= 0.3 is 0 Å². The predicted octanol–water partition coefficient (Wildman–Crippen LogP) is 10.8. The first-order valence-electron chi connectivity index (χ1n) is 15.2. The Morgan fingerprint density at radius 1 is 0.422 bits per heavy atom. The molecule has 0 aliphatic rings. The molecule has 4 aromatic heterocycles. The summed E-state index contributed by atoms with van der Waals surface area (Å²) in [7, 11) is 0. The van der Waals surface area contributed by atoms with E-state index in [9.17, 15) is 0 Å². The van der Waals surface area contributed by atoms with Gasteiger partial charge in [0, 0.05) is 55.5 Å². The van der Waals surface area contributed by atoms with Gasteiger partial charge in [-0.1, -0.05) is 84.9 Å². The van der Waals surface area contributed by atoms with Gasteiger partial charge in [-0.05, 0) is 60.7 Å². The van der Waals surface area contributed by atoms with E-state index in [1.807, 2.05) is 18.3 Å². The van der Waals surface area contributed by atoms with Gasteiger partial charge in [-0.2, -0.15) is 0 Å². The van der Waals surface area contributed by atoms with Crippen molar-refractivity contribution < 1.29 is 4.42 Å². The Morgan fingerprint density at radius 3 is 1.89 bits per heavy atom. The van der Waals surface area contributed by atoms with Crippen molar-refractivity contribution in [1.29, 1.82) is 0 Å². The van der Waals surface area contributed by atoms with Crippen LogP contribution in [0.5, 0.6) is 0 Å². The molecule has 6 aromatic carbocycles. The number of nitrogens with zero attached hydrogens (tertiary/aromatic N) is 3. The van der Waals surface area contributed by atoms with Crippen molar-refractivity contribution in [2.24, 2.45) is 0 Å². The minimum atomic E-state index is 0.864. The van der Waals surface area contributed by atoms with Crippen LogP contribution in [0.2, 0.25) is 0 Å². The lowest BCUT2D eigenvalue weighted by atomic mass is 10.1. The fourth-order valence-corrected chi connectivity index (χ4v) is 7.19. The van der Waals surface area contributed by atoms with Crippen molar-refractivity contribution in [2.45, 2.75) is 0 Å². The second kappa shape index (κ2) is 9.18. The summed E-state index contributed by atoms with van der Waals surface area (Å²) in [6.07, 6.45) is 2.02. The van der Waals surface area contributed by atoms with Crippen molar-refractivity contribution in [3.8, 4) is 22.6 Å². The first-order chi connectivity index (χ1) is 22.3. The van der Waals surface area contributed by atoms with Gasteiger partial charge in [0.05, 0.1) is 27.8 Å². The second-order valence-corrected chi connectivity index (χ2v) is 11.6. The molecule has 0 bridgehead atoms. The van der Waals surface area contributed by atoms with Gasteiger partial charge in [0.1, 0.15) is 11.2 Å². The predicted molar refractivity (Wildman–Crippen MR) is 186 cm³/mol. The van der Waals surface area contributed by atoms with Gasteiger partial charge in [-0.25, -0.2) is 0 Å². The Labute approximate surface area is 258 Å². The van der Waals surface area contributed by atoms with Crippen molar-refractivity contribution >= 4 is 65.6 Å². The fourth-order valence-electron chi connectivity index (χ4n) is 7.19. The third-order valence-electron chi connectivity index (χ3n) is 9.17. The maximum atomic E-state index is 6.40. The Balaban J connectivity index is 1.25. The maximum Gasteiger partial charge on any atom is 0.144 e. The van der Waals surface area contributed by atoms with Crippen LogP contribution in [0.4, 0.5) is 0 Å². The maximum absolute atomic E-state index is 6.40. The molecular formula is C41H25N3O. The highest BCUT2D eigenvalue weighted by Crippen LogP contribution is 2.39. The van der Waals surface area contributed by atoms with Crippen LogP contribution in [0, 0.1) is 0 Å². The molecule has 0 amide bonds. The zero-order chi connectivity index (χ0) is 29.5. The summed E-state index contributed by atoms with van der Waals surface area (Å²) in [5.41, 5.74) is 10.5. The zero-order valence-corrected chi connectivity index (χ0v) is 24.2. The summed E-state index contributed by atoms with van der Waals surface area (Å²) in [4.78, 5) is 5.01. The van der Waals surface area contributed by atoms with Crippen molar-refractivity contribution in [3.05, 3.63) is 152 Å². The van der Waals surface area contributed by atoms with Gasteiger partial charge in [0.15, 0.2) is 0 Å². The van der Waals surface area contributed by atoms with E-state index in [2.05, 4.69) is 143 Å². The highest BCUT2D eigenvalue weighted by molar-refractivity contribution is 6.13. The van der Waals surface area contributed by atoms with E-state index in [1.54, 1.807) is 0 Å². The molecule has 0 saturated carbocycles. The number of para-hydroxylation sites is 5. The summed E-state index contributed by atoms with van der Waals surface area (Å²) < 4.78 is 11.1. The van der Waals surface area contributed by atoms with Gasteiger partial charge in [-0.15, -0.1) is 0 Å². The Kier molecular flexibility index (Phi) is 4.96. The van der Waals surface area contributed by atoms with Crippen LogP contribution in [-0.2, 0) is 0 Å². The van der Waals surface area contributed by atoms with E-state index in [0.717, 1.165) is 61.0 Å². The van der Waals surface area contributed by atoms with Crippen LogP contribution < -0.4 is 0 Å². The fraction of sp³-hybridized carbons (Fsp3) is 0. The molecule has 4 nitrogen and oxygen atoms in total. The molecule has 4 heteroatoms. The molecule has 0 N–H and O–H groups in total. The minimum absolute atomic E-state index is 0.864. The topological polar surface area (TPSA) is 35.9 Å². The van der Waals surface area contributed by atoms with E-state index < -0.39 is 0 Å². The van der Waals surface area contributed by atoms with Crippen LogP contribution in [0.3, 0.4) is 0 Å². The standard InChI is InChI=1S/C41H25N3O/c1-2-11-26(12-3-1)43-36-18-7-4-13-28(36)33-23-27(21-22-38(33)43)44-37-19-8-5-14-29(37)34-25-42-35(24-39(34)44)32-17-10-16-31-30-15-6-9-20-40(30)45-41(31)32/h1-25H. The van der Waals surface area contributed by atoms with Crippen LogP contribution in [0.1, 0.15) is 0 Å². The molecule has 10 rings (SSSR count). The molecule has 0 atom stereocenters. The van der Waals surface area contributed by atoms with Crippen molar-refractivity contribution in [1.82, 2.24) is 14.1 Å². The second-order valence-electron chi connectivity index (χ2n) is 11.6. The third kappa shape index (κ3) is 3.45. The largest absolute Gasteiger partial charge is 0.455 e. The highest BCUT2D eigenvalue weighted by Gasteiger charge is 2.19. The van der Waals surface area contributed by atoms with Crippen LogP contribution in [0.25, 0.3) is 88.2 Å². The van der Waals surface area contributed by atoms with E-state index >= 15 is 0 Å². The van der Waals surface area contributed by atoms with Gasteiger partial charge < -0.3 is 13.6 Å². The summed E-state index contributed by atoms with van der Waals surface area (Å²) in [6.45, 7) is 0. The molecule has 0 spiro atoms. The summed E-state index contributed by atoms with van der Waals surface area (Å²) in [5, 5.41) is 6.98. The molecule has 0 unspecified atom stereocenters. The minimum Gasteiger partial charge on any atom is -0.455 e. The summed E-state index contributed by atoms with van der Waals surface area (Å²) in [6, 6.07) is 51.5. The van der Waals surface area contributed by atoms with E-state index in [4.69, 9.17) is 9.40 Å². The lowest BCUT2D eigenvalue weighted by Crippen LogP contribution is -1.96. The average molecular weight is 576 g/mol. The molecule has 210 valence electrons. The SMILES string of the molecule is c1ccc(-n2c3ccccc3c3cc(-n4c5ccccc5c5cnc(-c6cccc7c6oc6ccccc67)cc54)ccc32)cc1. The first-order valence-corrected chi connectivity index (χ1v) is 15.2. The Hall–Kier alpha value is -6.13. The van der Waals surface area contributed by atoms with E-state index in [1.165, 1.54) is 27.2 Å². The monoisotopic (exact) mass is 575 g/mol. The Morgan fingerprint density at radius 2 is 1.07 bits per heavy atom. The number of furan rings is 1. The summed E-state index contributed by atoms with van der Waals surface area (Å²) >= 11 is 0. The normalized spacial score (nSPS) is 12.0. The molecule has 0 fully saturated rings. The summed E-state index contributed by atoms with van der Waals surface area (Å²) in [5.74, 6) is 0. The number of fused-ring (bicyclic) bond motifs is 9. The number of benzene rings is 6. The first kappa shape index (κ1) is 24.3. The molecule has 45 heavy (non-hydrogen) atoms. The van der Waals surface area contributed by atoms with Crippen molar-refractivity contribution in [3.63, 3.8) is 0 Å². The molecule has 4 heterocycles. The highest BCUT2D eigenvalue weighted by atomic mass is 16.3. The number of hydrogen-bond donors (Lipinski definition) is 0. The number of pyridine rings is 1. The number of rotatable bonds is 3. The van der Waals surface area contributed by atoms with Crippen LogP contribution in [-0.4, -0.2) is 14.1 Å². The molecular weight excluding hydrogens is 550 g/mol.